The Morgan fingerprint density at radius 1 is 1.17 bits per heavy atom. The quantitative estimate of drug-likeness (QED) is 0.773. The summed E-state index contributed by atoms with van der Waals surface area (Å²) in [5.41, 5.74) is 0.267. The molecule has 0 radical (unpaired) electrons. The summed E-state index contributed by atoms with van der Waals surface area (Å²) >= 11 is 2.14. The van der Waals surface area contributed by atoms with Crippen molar-refractivity contribution in [2.45, 2.75) is 64.2 Å². The van der Waals surface area contributed by atoms with Crippen LogP contribution < -0.4 is 5.32 Å². The van der Waals surface area contributed by atoms with Crippen molar-refractivity contribution in [1.29, 1.82) is 0 Å². The molecule has 0 aromatic heterocycles. The Hall–Kier alpha value is 0.270. The van der Waals surface area contributed by atoms with Gasteiger partial charge in [-0.3, -0.25) is 0 Å². The van der Waals surface area contributed by atoms with E-state index >= 15 is 0 Å². The van der Waals surface area contributed by atoms with Gasteiger partial charge in [-0.25, -0.2) is 0 Å². The van der Waals surface area contributed by atoms with Crippen LogP contribution >= 0.6 is 11.8 Å². The topological polar surface area (TPSA) is 15.3 Å². The highest BCUT2D eigenvalue weighted by Crippen LogP contribution is 2.30. The van der Waals surface area contributed by atoms with Crippen LogP contribution in [0, 0.1) is 0 Å². The third-order valence-electron chi connectivity index (χ3n) is 3.49. The maximum Gasteiger partial charge on any atom is 0.0116 e. The van der Waals surface area contributed by atoms with Gasteiger partial charge in [-0.05, 0) is 59.7 Å². The molecule has 0 aromatic rings. The zero-order valence-corrected chi connectivity index (χ0v) is 13.8. The molecule has 0 atom stereocenters. The number of hydrogen-bond acceptors (Lipinski definition) is 3. The van der Waals surface area contributed by atoms with E-state index in [1.54, 1.807) is 0 Å². The highest BCUT2D eigenvalue weighted by atomic mass is 32.2. The van der Waals surface area contributed by atoms with E-state index in [9.17, 15) is 0 Å². The van der Waals surface area contributed by atoms with Crippen molar-refractivity contribution in [3.05, 3.63) is 0 Å². The van der Waals surface area contributed by atoms with Gasteiger partial charge in [0.25, 0.3) is 0 Å². The summed E-state index contributed by atoms with van der Waals surface area (Å²) in [5.74, 6) is 1.30. The molecule has 0 aliphatic carbocycles. The highest BCUT2D eigenvalue weighted by molar-refractivity contribution is 8.00. The first-order valence-electron chi connectivity index (χ1n) is 7.40. The lowest BCUT2D eigenvalue weighted by Gasteiger charge is -2.23. The summed E-state index contributed by atoms with van der Waals surface area (Å²) in [6.07, 6.45) is 3.95. The van der Waals surface area contributed by atoms with E-state index in [2.05, 4.69) is 56.6 Å². The molecule has 1 rings (SSSR count). The van der Waals surface area contributed by atoms with E-state index in [1.807, 2.05) is 0 Å². The fourth-order valence-corrected chi connectivity index (χ4v) is 3.35. The monoisotopic (exact) mass is 272 g/mol. The maximum absolute atomic E-state index is 3.56. The molecule has 108 valence electrons. The van der Waals surface area contributed by atoms with Crippen LogP contribution in [-0.2, 0) is 0 Å². The largest absolute Gasteiger partial charge is 0.312 e. The summed E-state index contributed by atoms with van der Waals surface area (Å²) in [5, 5.41) is 3.56. The van der Waals surface area contributed by atoms with Gasteiger partial charge in [0.05, 0.1) is 0 Å². The second-order valence-electron chi connectivity index (χ2n) is 7.08. The fourth-order valence-electron chi connectivity index (χ4n) is 2.21. The SMILES string of the molecule is CC(C)(C)NCCCCN1CCSC(C)(C)CC1. The Morgan fingerprint density at radius 3 is 2.56 bits per heavy atom. The van der Waals surface area contributed by atoms with Gasteiger partial charge in [0.2, 0.25) is 0 Å². The standard InChI is InChI=1S/C15H32N2S/c1-14(2,3)16-9-6-7-10-17-11-8-15(4,5)18-13-12-17/h16H,6-13H2,1-5H3. The van der Waals surface area contributed by atoms with Crippen LogP contribution in [0.5, 0.6) is 0 Å². The van der Waals surface area contributed by atoms with E-state index in [1.165, 1.54) is 44.6 Å². The first kappa shape index (κ1) is 16.3. The lowest BCUT2D eigenvalue weighted by Crippen LogP contribution is -2.36. The molecule has 0 amide bonds. The van der Waals surface area contributed by atoms with Gasteiger partial charge in [-0.2, -0.15) is 11.8 Å². The summed E-state index contributed by atoms with van der Waals surface area (Å²) < 4.78 is 0.489. The molecular formula is C15H32N2S. The van der Waals surface area contributed by atoms with Crippen LogP contribution in [0.25, 0.3) is 0 Å². The zero-order valence-electron chi connectivity index (χ0n) is 13.0. The second kappa shape index (κ2) is 7.16. The van der Waals surface area contributed by atoms with Crippen molar-refractivity contribution in [3.63, 3.8) is 0 Å². The van der Waals surface area contributed by atoms with Crippen molar-refractivity contribution >= 4 is 11.8 Å². The Balaban J connectivity index is 2.09. The molecule has 0 spiro atoms. The normalized spacial score (nSPS) is 21.8. The molecule has 18 heavy (non-hydrogen) atoms. The first-order valence-corrected chi connectivity index (χ1v) is 8.38. The Kier molecular flexibility index (Phi) is 6.49. The van der Waals surface area contributed by atoms with Crippen molar-refractivity contribution in [2.24, 2.45) is 0 Å². The van der Waals surface area contributed by atoms with Crippen LogP contribution in [0.1, 0.15) is 53.9 Å². The Morgan fingerprint density at radius 2 is 1.89 bits per heavy atom. The minimum Gasteiger partial charge on any atom is -0.312 e. The van der Waals surface area contributed by atoms with Gasteiger partial charge in [0.1, 0.15) is 0 Å². The van der Waals surface area contributed by atoms with Crippen LogP contribution in [0.2, 0.25) is 0 Å². The third-order valence-corrected chi connectivity index (χ3v) is 4.86. The number of nitrogens with zero attached hydrogens (tertiary/aromatic N) is 1. The summed E-state index contributed by atoms with van der Waals surface area (Å²) in [7, 11) is 0. The molecule has 1 aliphatic rings. The minimum absolute atomic E-state index is 0.267. The van der Waals surface area contributed by atoms with E-state index in [0.717, 1.165) is 6.54 Å². The molecule has 2 nitrogen and oxygen atoms in total. The molecule has 1 saturated heterocycles. The van der Waals surface area contributed by atoms with Gasteiger partial charge in [0.15, 0.2) is 0 Å². The molecule has 0 bridgehead atoms. The average Bonchev–Trinajstić information content (AvgIpc) is 2.38. The van der Waals surface area contributed by atoms with E-state index in [0.29, 0.717) is 4.75 Å². The molecule has 1 N–H and O–H groups in total. The molecular weight excluding hydrogens is 240 g/mol. The van der Waals surface area contributed by atoms with E-state index in [-0.39, 0.29) is 5.54 Å². The minimum atomic E-state index is 0.267. The molecule has 0 saturated carbocycles. The lowest BCUT2D eigenvalue weighted by molar-refractivity contribution is 0.276. The maximum atomic E-state index is 3.56. The third kappa shape index (κ3) is 7.65. The van der Waals surface area contributed by atoms with Crippen LogP contribution in [-0.4, -0.2) is 47.1 Å². The van der Waals surface area contributed by atoms with Gasteiger partial charge >= 0.3 is 0 Å². The van der Waals surface area contributed by atoms with Gasteiger partial charge in [-0.1, -0.05) is 13.8 Å². The predicted molar refractivity (Wildman–Crippen MR) is 84.6 cm³/mol. The lowest BCUT2D eigenvalue weighted by atomic mass is 10.1. The van der Waals surface area contributed by atoms with E-state index in [4.69, 9.17) is 0 Å². The second-order valence-corrected chi connectivity index (χ2v) is 8.89. The van der Waals surface area contributed by atoms with Crippen LogP contribution in [0.15, 0.2) is 0 Å². The van der Waals surface area contributed by atoms with Gasteiger partial charge < -0.3 is 10.2 Å². The molecule has 1 fully saturated rings. The average molecular weight is 273 g/mol. The summed E-state index contributed by atoms with van der Waals surface area (Å²) in [6.45, 7) is 16.5. The van der Waals surface area contributed by atoms with Crippen molar-refractivity contribution < 1.29 is 0 Å². The highest BCUT2D eigenvalue weighted by Gasteiger charge is 2.23. The molecule has 0 aromatic carbocycles. The van der Waals surface area contributed by atoms with Crippen LogP contribution in [0.4, 0.5) is 0 Å². The van der Waals surface area contributed by atoms with Gasteiger partial charge in [-0.15, -0.1) is 0 Å². The fraction of sp³-hybridized carbons (Fsp3) is 1.00. The number of rotatable bonds is 5. The first-order chi connectivity index (χ1) is 8.29. The number of unbranched alkanes of at least 4 members (excludes halogenated alkanes) is 1. The summed E-state index contributed by atoms with van der Waals surface area (Å²) in [4.78, 5) is 2.65. The number of hydrogen-bond donors (Lipinski definition) is 1. The Labute approximate surface area is 118 Å². The van der Waals surface area contributed by atoms with Crippen molar-refractivity contribution in [1.82, 2.24) is 10.2 Å². The predicted octanol–water partition coefficient (Wildman–Crippen LogP) is 3.37. The van der Waals surface area contributed by atoms with Crippen LogP contribution in [0.3, 0.4) is 0 Å². The zero-order chi connectivity index (χ0) is 13.6. The van der Waals surface area contributed by atoms with Crippen molar-refractivity contribution in [2.75, 3.05) is 31.9 Å². The Bertz CT molecular complexity index is 233. The molecule has 1 heterocycles. The molecule has 1 aliphatic heterocycles. The van der Waals surface area contributed by atoms with Crippen molar-refractivity contribution in [3.8, 4) is 0 Å². The van der Waals surface area contributed by atoms with Gasteiger partial charge in [0, 0.05) is 22.6 Å². The molecule has 3 heteroatoms. The number of thioether (sulfide) groups is 1. The number of nitrogens with one attached hydrogen (secondary N) is 1. The summed E-state index contributed by atoms with van der Waals surface area (Å²) in [6, 6.07) is 0. The van der Waals surface area contributed by atoms with E-state index < -0.39 is 0 Å². The molecule has 0 unspecified atom stereocenters. The smallest absolute Gasteiger partial charge is 0.0116 e.